The Morgan fingerprint density at radius 1 is 0.197 bits per heavy atom. The number of benzene rings is 18. The van der Waals surface area contributed by atoms with Gasteiger partial charge in [-0.25, -0.2) is 19.9 Å². The first-order chi connectivity index (χ1) is 62.1. The molecule has 622 valence electrons. The van der Waals surface area contributed by atoms with Gasteiger partial charge < -0.3 is 10.0 Å². The molecule has 0 saturated heterocycles. The molecule has 6 nitrogen and oxygen atoms in total. The first-order valence-electron chi connectivity index (χ1n) is 41.1. The minimum Gasteiger partial charge on any atom is -0.423 e. The van der Waals surface area contributed by atoms with Crippen LogP contribution < -0.4 is 69.1 Å². The standard InChI is InChI=1S/C20H13ClN2.4C18H15P.C14H9ClN2.C6H6BClO2.Pd/c21-16-10-6-9-15(13-16)20-22-18-12-5-4-11-17(18)19(23-20)14-7-2-1-3-8-14;4*1-4-10-16(11-5-1)19(17-12-6-2-7-13-17)18-14-8-3-9-15-18;15-14-16-12-9-5-4-8-11(12)13(17-14)10-6-2-1-3-7-10;8-6-3-1-2-5(4-6)7(9)10;/h1-13H;4*1-15H;1-9H;1-4,9-10H;. The molecule has 2 N–H and O–H groups in total. The smallest absolute Gasteiger partial charge is 0.423 e. The maximum atomic E-state index is 8.65. The fourth-order valence-corrected chi connectivity index (χ4v) is 23.7. The molecule has 0 unspecified atom stereocenters. The maximum Gasteiger partial charge on any atom is 0.488 e. The molecular formula is C112H88BCl3N4O2P4Pd. The fourth-order valence-electron chi connectivity index (χ4n) is 13.9. The zero-order chi connectivity index (χ0) is 86.5. The van der Waals surface area contributed by atoms with Crippen LogP contribution in [0.25, 0.3) is 55.7 Å². The Balaban J connectivity index is 0.000000128. The van der Waals surface area contributed by atoms with Gasteiger partial charge in [-0.15, -0.1) is 0 Å². The first kappa shape index (κ1) is 92.5. The Morgan fingerprint density at radius 3 is 0.654 bits per heavy atom. The van der Waals surface area contributed by atoms with Crippen molar-refractivity contribution in [3.05, 3.63) is 537 Å². The van der Waals surface area contributed by atoms with E-state index in [9.17, 15) is 0 Å². The predicted molar refractivity (Wildman–Crippen MR) is 547 cm³/mol. The summed E-state index contributed by atoms with van der Waals surface area (Å²) in [6.45, 7) is 0. The van der Waals surface area contributed by atoms with Crippen LogP contribution in [-0.4, -0.2) is 37.1 Å². The molecule has 18 aromatic carbocycles. The van der Waals surface area contributed by atoms with Crippen molar-refractivity contribution in [2.45, 2.75) is 0 Å². The quantitative estimate of drug-likeness (QED) is 0.0569. The summed E-state index contributed by atoms with van der Waals surface area (Å²) in [5, 5.41) is 37.6. The molecule has 2 heterocycles. The molecule has 20 aromatic rings. The van der Waals surface area contributed by atoms with Crippen molar-refractivity contribution in [1.82, 2.24) is 19.9 Å². The van der Waals surface area contributed by atoms with Crippen LogP contribution in [0.3, 0.4) is 0 Å². The normalized spacial score (nSPS) is 10.5. The molecule has 0 saturated carbocycles. The second-order valence-electron chi connectivity index (χ2n) is 28.3. The summed E-state index contributed by atoms with van der Waals surface area (Å²) in [5.41, 5.74) is 7.06. The van der Waals surface area contributed by atoms with Gasteiger partial charge in [0.2, 0.25) is 5.28 Å². The van der Waals surface area contributed by atoms with Crippen LogP contribution in [0.4, 0.5) is 0 Å². The Morgan fingerprint density at radius 2 is 0.409 bits per heavy atom. The van der Waals surface area contributed by atoms with E-state index in [1.807, 2.05) is 115 Å². The van der Waals surface area contributed by atoms with E-state index in [4.69, 9.17) is 54.8 Å². The third kappa shape index (κ3) is 27.0. The van der Waals surface area contributed by atoms with E-state index in [2.05, 4.69) is 392 Å². The van der Waals surface area contributed by atoms with Gasteiger partial charge in [-0.2, -0.15) is 0 Å². The summed E-state index contributed by atoms with van der Waals surface area (Å²) in [4.78, 5) is 18.1. The zero-order valence-electron chi connectivity index (χ0n) is 69.2. The van der Waals surface area contributed by atoms with Gasteiger partial charge in [-0.3, -0.25) is 0 Å². The summed E-state index contributed by atoms with van der Waals surface area (Å²) in [6, 6.07) is 179. The minimum atomic E-state index is -1.43. The van der Waals surface area contributed by atoms with E-state index in [-0.39, 0.29) is 25.7 Å². The number of aromatic nitrogens is 4. The SMILES string of the molecule is Clc1cccc(-c2nc(-c3ccccc3)c3ccccc3n2)c1.Clc1nc(-c2ccccc2)c2ccccc2n1.OB(O)c1cccc(Cl)c1.[Pd].c1ccc(P(c2ccccc2)c2ccccc2)cc1.c1ccc(P(c2ccccc2)c2ccccc2)cc1.c1ccc(P(c2ccccc2)c2ccccc2)cc1.c1ccc(P(c2ccccc2)c2ccccc2)cc1. The molecule has 0 atom stereocenters. The summed E-state index contributed by atoms with van der Waals surface area (Å²) in [7, 11) is -3.22. The first-order valence-corrected chi connectivity index (χ1v) is 47.6. The van der Waals surface area contributed by atoms with E-state index in [1.54, 1.807) is 18.2 Å². The largest absolute Gasteiger partial charge is 0.488 e. The van der Waals surface area contributed by atoms with Gasteiger partial charge in [-0.05, 0) is 149 Å². The zero-order valence-corrected chi connectivity index (χ0v) is 76.6. The van der Waals surface area contributed by atoms with E-state index in [0.29, 0.717) is 21.3 Å². The number of nitrogens with zero attached hydrogens (tertiary/aromatic N) is 4. The maximum absolute atomic E-state index is 8.65. The Kier molecular flexibility index (Phi) is 36.2. The number of halogens is 3. The van der Waals surface area contributed by atoms with Crippen LogP contribution in [0.5, 0.6) is 0 Å². The van der Waals surface area contributed by atoms with Gasteiger partial charge in [0.25, 0.3) is 0 Å². The summed E-state index contributed by atoms with van der Waals surface area (Å²) in [6.07, 6.45) is 0. The molecule has 0 radical (unpaired) electrons. The van der Waals surface area contributed by atoms with Crippen LogP contribution >= 0.6 is 66.5 Å². The summed E-state index contributed by atoms with van der Waals surface area (Å²) in [5.74, 6) is 0.685. The van der Waals surface area contributed by atoms with Gasteiger partial charge in [0.05, 0.1) is 22.4 Å². The minimum absolute atomic E-state index is 0. The molecular weight excluding hydrogens is 1780 g/mol. The molecule has 0 amide bonds. The molecule has 127 heavy (non-hydrogen) atoms. The number of rotatable bonds is 16. The van der Waals surface area contributed by atoms with E-state index in [1.165, 1.54) is 69.7 Å². The summed E-state index contributed by atoms with van der Waals surface area (Å²) >= 11 is 17.6. The van der Waals surface area contributed by atoms with Crippen molar-refractivity contribution in [2.24, 2.45) is 0 Å². The topological polar surface area (TPSA) is 92.0 Å². The number of fused-ring (bicyclic) bond motifs is 2. The van der Waals surface area contributed by atoms with Gasteiger partial charge >= 0.3 is 7.12 Å². The predicted octanol–water partition coefficient (Wildman–Crippen LogP) is 23.4. The van der Waals surface area contributed by atoms with Gasteiger partial charge in [0.15, 0.2) is 5.82 Å². The van der Waals surface area contributed by atoms with E-state index < -0.39 is 38.8 Å². The van der Waals surface area contributed by atoms with Crippen LogP contribution in [0.2, 0.25) is 15.3 Å². The average Bonchev–Trinajstić information content (AvgIpc) is 0.783. The monoisotopic (exact) mass is 1870 g/mol. The van der Waals surface area contributed by atoms with Crippen molar-refractivity contribution in [3.63, 3.8) is 0 Å². The van der Waals surface area contributed by atoms with Crippen LogP contribution in [0, 0.1) is 0 Å². The average molecular weight is 1870 g/mol. The van der Waals surface area contributed by atoms with Crippen LogP contribution in [0.1, 0.15) is 0 Å². The van der Waals surface area contributed by atoms with E-state index >= 15 is 0 Å². The molecule has 0 aliphatic heterocycles. The molecule has 2 aromatic heterocycles. The molecule has 0 aliphatic carbocycles. The number of hydrogen-bond donors (Lipinski definition) is 2. The molecule has 15 heteroatoms. The van der Waals surface area contributed by atoms with E-state index in [0.717, 1.165) is 49.9 Å². The number of para-hydroxylation sites is 2. The summed E-state index contributed by atoms with van der Waals surface area (Å²) < 4.78 is 0. The van der Waals surface area contributed by atoms with Crippen molar-refractivity contribution >= 4 is 165 Å². The second-order valence-corrected chi connectivity index (χ2v) is 38.4. The van der Waals surface area contributed by atoms with Crippen molar-refractivity contribution in [3.8, 4) is 33.9 Å². The number of hydrogen-bond acceptors (Lipinski definition) is 6. The molecule has 20 rings (SSSR count). The molecule has 0 bridgehead atoms. The Hall–Kier alpha value is -12.1. The van der Waals surface area contributed by atoms with Crippen LogP contribution in [-0.2, 0) is 20.4 Å². The molecule has 0 spiro atoms. The Bertz CT molecular complexity index is 5750. The van der Waals surface area contributed by atoms with Crippen LogP contribution in [0.15, 0.2) is 522 Å². The van der Waals surface area contributed by atoms with Crippen molar-refractivity contribution < 1.29 is 30.5 Å². The van der Waals surface area contributed by atoms with Gasteiger partial charge in [0.1, 0.15) is 0 Å². The van der Waals surface area contributed by atoms with Crippen molar-refractivity contribution in [1.29, 1.82) is 0 Å². The Labute approximate surface area is 779 Å². The second kappa shape index (κ2) is 49.7. The molecule has 0 aliphatic rings. The van der Waals surface area contributed by atoms with Gasteiger partial charge in [0, 0.05) is 57.9 Å². The fraction of sp³-hybridized carbons (Fsp3) is 0. The molecule has 0 fully saturated rings. The van der Waals surface area contributed by atoms with Crippen molar-refractivity contribution in [2.75, 3.05) is 0 Å². The van der Waals surface area contributed by atoms with Gasteiger partial charge in [-0.1, -0.05) is 509 Å². The third-order valence-electron chi connectivity index (χ3n) is 19.7. The third-order valence-corrected chi connectivity index (χ3v) is 30.1.